The molecule has 0 radical (unpaired) electrons. The topological polar surface area (TPSA) is 27.1 Å². The summed E-state index contributed by atoms with van der Waals surface area (Å²) < 4.78 is 7.53. The van der Waals surface area contributed by atoms with Gasteiger partial charge in [0, 0.05) is 18.9 Å². The van der Waals surface area contributed by atoms with Crippen molar-refractivity contribution < 1.29 is 4.74 Å². The molecule has 0 aromatic carbocycles. The van der Waals surface area contributed by atoms with Gasteiger partial charge in [0.2, 0.25) is 0 Å². The minimum atomic E-state index is 0.559. The van der Waals surface area contributed by atoms with Gasteiger partial charge in [-0.15, -0.1) is 0 Å². The van der Waals surface area contributed by atoms with Gasteiger partial charge >= 0.3 is 0 Å². The lowest BCUT2D eigenvalue weighted by atomic mass is 10.1. The van der Waals surface area contributed by atoms with Crippen LogP contribution in [0.4, 0.5) is 0 Å². The Morgan fingerprint density at radius 1 is 1.50 bits per heavy atom. The smallest absolute Gasteiger partial charge is 0.0566 e. The fourth-order valence-corrected chi connectivity index (χ4v) is 2.10. The predicted octanol–water partition coefficient (Wildman–Crippen LogP) is 2.11. The normalized spacial score (nSPS) is 18.7. The molecule has 0 N–H and O–H groups in total. The van der Waals surface area contributed by atoms with Crippen LogP contribution >= 0.6 is 0 Å². The van der Waals surface area contributed by atoms with Crippen molar-refractivity contribution in [2.24, 2.45) is 0 Å². The number of aromatic nitrogens is 2. The summed E-state index contributed by atoms with van der Waals surface area (Å²) in [6, 6.07) is 0.559. The molecule has 14 heavy (non-hydrogen) atoms. The highest BCUT2D eigenvalue weighted by Gasteiger charge is 2.18. The molecule has 0 spiro atoms. The summed E-state index contributed by atoms with van der Waals surface area (Å²) in [6.07, 6.45) is 5.29. The van der Waals surface area contributed by atoms with E-state index in [9.17, 15) is 0 Å². The first kappa shape index (κ1) is 9.71. The monoisotopic (exact) mass is 194 g/mol. The maximum atomic E-state index is 5.35. The minimum Gasteiger partial charge on any atom is -0.381 e. The van der Waals surface area contributed by atoms with Crippen molar-refractivity contribution >= 4 is 0 Å². The molecule has 1 aliphatic heterocycles. The number of hydrogen-bond donors (Lipinski definition) is 0. The summed E-state index contributed by atoms with van der Waals surface area (Å²) >= 11 is 0. The van der Waals surface area contributed by atoms with Crippen molar-refractivity contribution in [3.8, 4) is 0 Å². The summed E-state index contributed by atoms with van der Waals surface area (Å²) in [5.74, 6) is 0. The lowest BCUT2D eigenvalue weighted by molar-refractivity contribution is 0.0656. The molecule has 0 saturated carbocycles. The van der Waals surface area contributed by atoms with E-state index in [1.165, 1.54) is 11.3 Å². The van der Waals surface area contributed by atoms with Crippen molar-refractivity contribution in [2.75, 3.05) is 13.2 Å². The number of ether oxygens (including phenoxy) is 1. The molecule has 1 fully saturated rings. The van der Waals surface area contributed by atoms with Crippen molar-refractivity contribution in [1.82, 2.24) is 9.78 Å². The van der Waals surface area contributed by atoms with Crippen LogP contribution in [0.3, 0.4) is 0 Å². The third-order valence-corrected chi connectivity index (χ3v) is 3.06. The molecule has 3 nitrogen and oxygen atoms in total. The summed E-state index contributed by atoms with van der Waals surface area (Å²) in [5, 5.41) is 4.47. The van der Waals surface area contributed by atoms with Gasteiger partial charge in [-0.3, -0.25) is 4.68 Å². The van der Waals surface area contributed by atoms with E-state index in [1.54, 1.807) is 0 Å². The molecule has 1 aliphatic rings. The molecule has 1 saturated heterocycles. The zero-order valence-electron chi connectivity index (χ0n) is 8.99. The number of hydrogen-bond acceptors (Lipinski definition) is 2. The van der Waals surface area contributed by atoms with Gasteiger partial charge in [0.15, 0.2) is 0 Å². The third kappa shape index (κ3) is 1.69. The Bertz CT molecular complexity index is 300. The largest absolute Gasteiger partial charge is 0.381 e. The average molecular weight is 194 g/mol. The zero-order valence-corrected chi connectivity index (χ0v) is 8.99. The highest BCUT2D eigenvalue weighted by molar-refractivity contribution is 5.16. The summed E-state index contributed by atoms with van der Waals surface area (Å²) in [4.78, 5) is 0. The second-order valence-electron chi connectivity index (χ2n) is 3.90. The fourth-order valence-electron chi connectivity index (χ4n) is 2.10. The van der Waals surface area contributed by atoms with Gasteiger partial charge < -0.3 is 4.74 Å². The van der Waals surface area contributed by atoms with Gasteiger partial charge in [-0.25, -0.2) is 0 Å². The Hall–Kier alpha value is -0.830. The van der Waals surface area contributed by atoms with Crippen LogP contribution in [0.25, 0.3) is 0 Å². The molecular formula is C11H18N2O. The molecular weight excluding hydrogens is 176 g/mol. The summed E-state index contributed by atoms with van der Waals surface area (Å²) in [5.41, 5.74) is 2.70. The van der Waals surface area contributed by atoms with E-state index < -0.39 is 0 Å². The van der Waals surface area contributed by atoms with Crippen LogP contribution < -0.4 is 0 Å². The molecule has 3 heteroatoms. The molecule has 0 bridgehead atoms. The standard InChI is InChI=1S/C11H18N2O/c1-3-10-8-12-13(9(10)2)11-4-6-14-7-5-11/h8,11H,3-7H2,1-2H3. The average Bonchev–Trinajstić information content (AvgIpc) is 2.61. The van der Waals surface area contributed by atoms with Gasteiger partial charge in [0.05, 0.1) is 12.2 Å². The van der Waals surface area contributed by atoms with Crippen LogP contribution in [0.2, 0.25) is 0 Å². The maximum Gasteiger partial charge on any atom is 0.0566 e. The van der Waals surface area contributed by atoms with E-state index in [1.807, 2.05) is 6.20 Å². The second kappa shape index (κ2) is 4.13. The quantitative estimate of drug-likeness (QED) is 0.721. The van der Waals surface area contributed by atoms with Crippen molar-refractivity contribution in [3.05, 3.63) is 17.5 Å². The van der Waals surface area contributed by atoms with Gasteiger partial charge in [-0.2, -0.15) is 5.10 Å². The Labute approximate surface area is 85.1 Å². The van der Waals surface area contributed by atoms with Gasteiger partial charge in [-0.1, -0.05) is 6.92 Å². The van der Waals surface area contributed by atoms with Crippen LogP contribution in [-0.2, 0) is 11.2 Å². The minimum absolute atomic E-state index is 0.559. The maximum absolute atomic E-state index is 5.35. The molecule has 2 heterocycles. The van der Waals surface area contributed by atoms with Crippen LogP contribution in [0.1, 0.15) is 37.1 Å². The van der Waals surface area contributed by atoms with Gasteiger partial charge in [-0.05, 0) is 31.7 Å². The van der Waals surface area contributed by atoms with Crippen LogP contribution in [0.5, 0.6) is 0 Å². The number of rotatable bonds is 2. The summed E-state index contributed by atoms with van der Waals surface area (Å²) in [6.45, 7) is 6.11. The van der Waals surface area contributed by atoms with Gasteiger partial charge in [0.1, 0.15) is 0 Å². The molecule has 0 atom stereocenters. The molecule has 2 rings (SSSR count). The zero-order chi connectivity index (χ0) is 9.97. The van der Waals surface area contributed by atoms with E-state index >= 15 is 0 Å². The molecule has 78 valence electrons. The van der Waals surface area contributed by atoms with E-state index in [0.29, 0.717) is 6.04 Å². The van der Waals surface area contributed by atoms with Crippen LogP contribution in [0.15, 0.2) is 6.20 Å². The Kier molecular flexibility index (Phi) is 2.87. The van der Waals surface area contributed by atoms with Crippen molar-refractivity contribution in [2.45, 2.75) is 39.2 Å². The Morgan fingerprint density at radius 2 is 2.21 bits per heavy atom. The molecule has 1 aromatic rings. The van der Waals surface area contributed by atoms with E-state index in [4.69, 9.17) is 4.74 Å². The van der Waals surface area contributed by atoms with Crippen LogP contribution in [0, 0.1) is 6.92 Å². The lowest BCUT2D eigenvalue weighted by Gasteiger charge is -2.23. The second-order valence-corrected chi connectivity index (χ2v) is 3.90. The molecule has 0 amide bonds. The lowest BCUT2D eigenvalue weighted by Crippen LogP contribution is -2.21. The molecule has 0 aliphatic carbocycles. The third-order valence-electron chi connectivity index (χ3n) is 3.06. The van der Waals surface area contributed by atoms with Gasteiger partial charge in [0.25, 0.3) is 0 Å². The van der Waals surface area contributed by atoms with E-state index in [-0.39, 0.29) is 0 Å². The Morgan fingerprint density at radius 3 is 2.79 bits per heavy atom. The van der Waals surface area contributed by atoms with Crippen LogP contribution in [-0.4, -0.2) is 23.0 Å². The first-order chi connectivity index (χ1) is 6.83. The first-order valence-electron chi connectivity index (χ1n) is 5.43. The number of aryl methyl sites for hydroxylation is 1. The Balaban J connectivity index is 2.18. The molecule has 1 aromatic heterocycles. The first-order valence-corrected chi connectivity index (χ1v) is 5.43. The van der Waals surface area contributed by atoms with Crippen molar-refractivity contribution in [3.63, 3.8) is 0 Å². The van der Waals surface area contributed by atoms with E-state index in [0.717, 1.165) is 32.5 Å². The highest BCUT2D eigenvalue weighted by Crippen LogP contribution is 2.23. The fraction of sp³-hybridized carbons (Fsp3) is 0.727. The van der Waals surface area contributed by atoms with Crippen molar-refractivity contribution in [1.29, 1.82) is 0 Å². The number of nitrogens with zero attached hydrogens (tertiary/aromatic N) is 2. The predicted molar refractivity (Wildman–Crippen MR) is 55.4 cm³/mol. The van der Waals surface area contributed by atoms with E-state index in [2.05, 4.69) is 23.6 Å². The summed E-state index contributed by atoms with van der Waals surface area (Å²) in [7, 11) is 0. The highest BCUT2D eigenvalue weighted by atomic mass is 16.5. The molecule has 0 unspecified atom stereocenters. The SMILES string of the molecule is CCc1cnn(C2CCOCC2)c1C.